The molecule has 2 aromatic rings. The van der Waals surface area contributed by atoms with Crippen LogP contribution in [0, 0.1) is 24.7 Å². The third-order valence-corrected chi connectivity index (χ3v) is 5.97. The van der Waals surface area contributed by atoms with Gasteiger partial charge in [0, 0.05) is 63.7 Å². The average molecular weight is 535 g/mol. The highest BCUT2D eigenvalue weighted by Gasteiger charge is 2.18. The molecule has 0 bridgehead atoms. The topological polar surface area (TPSA) is 187 Å². The van der Waals surface area contributed by atoms with Gasteiger partial charge in [-0.05, 0) is 49.2 Å². The lowest BCUT2D eigenvalue weighted by molar-refractivity contribution is 0.380. The van der Waals surface area contributed by atoms with E-state index in [1.165, 1.54) is 22.5 Å². The summed E-state index contributed by atoms with van der Waals surface area (Å²) in [6.07, 6.45) is 0. The lowest BCUT2D eigenvalue weighted by atomic mass is 10.2. The molecule has 37 heavy (non-hydrogen) atoms. The molecule has 204 valence electrons. The van der Waals surface area contributed by atoms with Crippen molar-refractivity contribution >= 4 is 33.7 Å². The standard InChI is InChI=1S/2C12H18N4.H2O4S/c2*1-10-3-2-4-11(9-10)15-5-7-16(8-6-15)12(13)14;1-5(2,3)4/h2*2-4,9H,5-8H2,1H3,(H3,13,14);(H2,1,2,3,4). The predicted octanol–water partition coefficient (Wildman–Crippen LogP) is 1.37. The van der Waals surface area contributed by atoms with E-state index in [-0.39, 0.29) is 11.9 Å². The van der Waals surface area contributed by atoms with Gasteiger partial charge >= 0.3 is 10.4 Å². The summed E-state index contributed by atoms with van der Waals surface area (Å²) in [5.41, 5.74) is 16.0. The summed E-state index contributed by atoms with van der Waals surface area (Å²) in [6.45, 7) is 11.3. The summed E-state index contributed by atoms with van der Waals surface area (Å²) in [5.74, 6) is 0.368. The van der Waals surface area contributed by atoms with Crippen molar-refractivity contribution in [2.24, 2.45) is 11.5 Å². The van der Waals surface area contributed by atoms with Crippen LogP contribution in [0.2, 0.25) is 0 Å². The summed E-state index contributed by atoms with van der Waals surface area (Å²) < 4.78 is 31.6. The molecule has 4 rings (SSSR count). The molecule has 2 heterocycles. The first kappa shape index (κ1) is 29.7. The number of nitrogens with zero attached hydrogens (tertiary/aromatic N) is 4. The van der Waals surface area contributed by atoms with Crippen LogP contribution in [0.5, 0.6) is 0 Å². The van der Waals surface area contributed by atoms with Crippen molar-refractivity contribution in [3.8, 4) is 0 Å². The predicted molar refractivity (Wildman–Crippen MR) is 148 cm³/mol. The third-order valence-electron chi connectivity index (χ3n) is 5.97. The van der Waals surface area contributed by atoms with Crippen molar-refractivity contribution in [2.75, 3.05) is 62.2 Å². The van der Waals surface area contributed by atoms with Crippen molar-refractivity contribution in [2.45, 2.75) is 13.8 Å². The Morgan fingerprint density at radius 2 is 1.00 bits per heavy atom. The Hall–Kier alpha value is -3.55. The Labute approximate surface area is 219 Å². The lowest BCUT2D eigenvalue weighted by Crippen LogP contribution is -2.50. The minimum atomic E-state index is -4.67. The molecule has 2 saturated heterocycles. The molecular formula is C24H38N8O4S. The lowest BCUT2D eigenvalue weighted by Gasteiger charge is -2.36. The van der Waals surface area contributed by atoms with Gasteiger partial charge in [-0.3, -0.25) is 19.9 Å². The minimum absolute atomic E-state index is 0.184. The van der Waals surface area contributed by atoms with E-state index in [1.54, 1.807) is 0 Å². The Morgan fingerprint density at radius 1 is 0.703 bits per heavy atom. The molecule has 0 atom stereocenters. The molecule has 2 aliphatic heterocycles. The van der Waals surface area contributed by atoms with Crippen LogP contribution in [0.3, 0.4) is 0 Å². The van der Waals surface area contributed by atoms with Gasteiger partial charge in [0.25, 0.3) is 0 Å². The quantitative estimate of drug-likeness (QED) is 0.187. The molecule has 8 N–H and O–H groups in total. The second-order valence-corrected chi connectivity index (χ2v) is 9.74. The molecule has 0 aromatic heterocycles. The highest BCUT2D eigenvalue weighted by Crippen LogP contribution is 2.18. The average Bonchev–Trinajstić information content (AvgIpc) is 2.83. The van der Waals surface area contributed by atoms with Gasteiger partial charge < -0.3 is 31.1 Å². The first-order valence-electron chi connectivity index (χ1n) is 11.8. The molecule has 0 saturated carbocycles. The molecule has 0 aliphatic carbocycles. The van der Waals surface area contributed by atoms with Crippen LogP contribution in [0.4, 0.5) is 11.4 Å². The Morgan fingerprint density at radius 3 is 1.24 bits per heavy atom. The zero-order chi connectivity index (χ0) is 27.6. The SMILES string of the molecule is Cc1cccc(N2CCN(C(=N)N)CC2)c1.Cc1cccc(N2CCN(C(=N)N)CC2)c1.O=S(=O)(O)O. The number of rotatable bonds is 2. The summed E-state index contributed by atoms with van der Waals surface area (Å²) in [7, 11) is -4.67. The monoisotopic (exact) mass is 534 g/mol. The number of nitrogens with two attached hydrogens (primary N) is 2. The highest BCUT2D eigenvalue weighted by atomic mass is 32.3. The van der Waals surface area contributed by atoms with Crippen molar-refractivity contribution in [1.29, 1.82) is 10.8 Å². The van der Waals surface area contributed by atoms with Gasteiger partial charge in [0.2, 0.25) is 0 Å². The smallest absolute Gasteiger partial charge is 0.370 e. The van der Waals surface area contributed by atoms with Crippen molar-refractivity contribution in [3.05, 3.63) is 59.7 Å². The van der Waals surface area contributed by atoms with E-state index in [1.807, 2.05) is 9.80 Å². The van der Waals surface area contributed by atoms with Crippen LogP contribution in [-0.4, -0.2) is 91.6 Å². The van der Waals surface area contributed by atoms with Crippen LogP contribution >= 0.6 is 0 Å². The van der Waals surface area contributed by atoms with E-state index in [9.17, 15) is 0 Å². The largest absolute Gasteiger partial charge is 0.394 e. The number of benzene rings is 2. The number of guanidine groups is 2. The van der Waals surface area contributed by atoms with Gasteiger partial charge in [-0.15, -0.1) is 0 Å². The van der Waals surface area contributed by atoms with Gasteiger partial charge in [-0.1, -0.05) is 24.3 Å². The summed E-state index contributed by atoms with van der Waals surface area (Å²) in [6, 6.07) is 17.0. The molecule has 13 heteroatoms. The molecule has 0 spiro atoms. The molecule has 0 amide bonds. The number of anilines is 2. The van der Waals surface area contributed by atoms with E-state index in [2.05, 4.69) is 72.2 Å². The number of hydrogen-bond acceptors (Lipinski definition) is 6. The van der Waals surface area contributed by atoms with Gasteiger partial charge in [-0.25, -0.2) is 0 Å². The maximum absolute atomic E-state index is 8.74. The van der Waals surface area contributed by atoms with Crippen LogP contribution in [-0.2, 0) is 10.4 Å². The summed E-state index contributed by atoms with van der Waals surface area (Å²) in [4.78, 5) is 8.50. The van der Waals surface area contributed by atoms with E-state index in [0.29, 0.717) is 0 Å². The molecule has 2 fully saturated rings. The molecule has 0 radical (unpaired) electrons. The van der Waals surface area contributed by atoms with E-state index in [4.69, 9.17) is 39.8 Å². The van der Waals surface area contributed by atoms with Crippen molar-refractivity contribution < 1.29 is 17.5 Å². The van der Waals surface area contributed by atoms with E-state index in [0.717, 1.165) is 52.4 Å². The second kappa shape index (κ2) is 13.7. The third kappa shape index (κ3) is 10.9. The van der Waals surface area contributed by atoms with E-state index < -0.39 is 10.4 Å². The van der Waals surface area contributed by atoms with Crippen LogP contribution in [0.15, 0.2) is 48.5 Å². The maximum atomic E-state index is 8.74. The number of hydrogen-bond donors (Lipinski definition) is 6. The van der Waals surface area contributed by atoms with Gasteiger partial charge in [0.1, 0.15) is 0 Å². The number of aryl methyl sites for hydroxylation is 2. The summed E-state index contributed by atoms with van der Waals surface area (Å²) in [5, 5.41) is 14.8. The molecule has 2 aromatic carbocycles. The fraction of sp³-hybridized carbons (Fsp3) is 0.417. The van der Waals surface area contributed by atoms with Crippen LogP contribution < -0.4 is 21.3 Å². The van der Waals surface area contributed by atoms with Crippen molar-refractivity contribution in [3.63, 3.8) is 0 Å². The first-order chi connectivity index (χ1) is 17.3. The fourth-order valence-electron chi connectivity index (χ4n) is 4.06. The Bertz CT molecular complexity index is 1060. The van der Waals surface area contributed by atoms with Crippen molar-refractivity contribution in [1.82, 2.24) is 9.80 Å². The zero-order valence-corrected chi connectivity index (χ0v) is 22.2. The Kier molecular flexibility index (Phi) is 11.0. The van der Waals surface area contributed by atoms with Gasteiger partial charge in [0.15, 0.2) is 11.9 Å². The molecule has 12 nitrogen and oxygen atoms in total. The Balaban J connectivity index is 0.000000221. The molecule has 0 unspecified atom stereocenters. The fourth-order valence-corrected chi connectivity index (χ4v) is 4.06. The minimum Gasteiger partial charge on any atom is -0.370 e. The second-order valence-electron chi connectivity index (χ2n) is 8.84. The van der Waals surface area contributed by atoms with Crippen LogP contribution in [0.25, 0.3) is 0 Å². The zero-order valence-electron chi connectivity index (χ0n) is 21.3. The first-order valence-corrected chi connectivity index (χ1v) is 13.2. The summed E-state index contributed by atoms with van der Waals surface area (Å²) >= 11 is 0. The molecule has 2 aliphatic rings. The molecular weight excluding hydrogens is 496 g/mol. The van der Waals surface area contributed by atoms with Crippen LogP contribution in [0.1, 0.15) is 11.1 Å². The number of piperazine rings is 2. The number of nitrogens with one attached hydrogen (secondary N) is 2. The normalized spacial score (nSPS) is 15.7. The van der Waals surface area contributed by atoms with Gasteiger partial charge in [0.05, 0.1) is 0 Å². The maximum Gasteiger partial charge on any atom is 0.394 e. The highest BCUT2D eigenvalue weighted by molar-refractivity contribution is 7.79. The van der Waals surface area contributed by atoms with Gasteiger partial charge in [-0.2, -0.15) is 8.42 Å². The van der Waals surface area contributed by atoms with E-state index >= 15 is 0 Å².